The summed E-state index contributed by atoms with van der Waals surface area (Å²) in [6, 6.07) is 12.2. The highest BCUT2D eigenvalue weighted by molar-refractivity contribution is 5.77. The van der Waals surface area contributed by atoms with Gasteiger partial charge in [-0.2, -0.15) is 0 Å². The quantitative estimate of drug-likeness (QED) is 0.558. The molecule has 0 unspecified atom stereocenters. The van der Waals surface area contributed by atoms with E-state index >= 15 is 0 Å². The second-order valence-electron chi connectivity index (χ2n) is 4.92. The first kappa shape index (κ1) is 11.2. The summed E-state index contributed by atoms with van der Waals surface area (Å²) < 4.78 is 3.92. The lowest BCUT2D eigenvalue weighted by molar-refractivity contribution is 0.669. The standard InChI is InChI=1S/C15H13N5/c1-19-7-6-12-8-11(9-16-15(12)19)10-20-14-5-3-2-4-13(14)17-18-20/h2-9H,10H2,1H3. The molecule has 98 valence electrons. The van der Waals surface area contributed by atoms with E-state index < -0.39 is 0 Å². The van der Waals surface area contributed by atoms with Crippen molar-refractivity contribution in [2.45, 2.75) is 6.54 Å². The summed E-state index contributed by atoms with van der Waals surface area (Å²) in [7, 11) is 2.00. The van der Waals surface area contributed by atoms with Crippen LogP contribution in [0.3, 0.4) is 0 Å². The molecule has 3 aromatic heterocycles. The molecule has 0 saturated heterocycles. The largest absolute Gasteiger partial charge is 0.336 e. The number of rotatable bonds is 2. The Kier molecular flexibility index (Phi) is 2.32. The lowest BCUT2D eigenvalue weighted by Gasteiger charge is -2.03. The summed E-state index contributed by atoms with van der Waals surface area (Å²) in [5, 5.41) is 9.53. The Balaban J connectivity index is 1.76. The van der Waals surface area contributed by atoms with Gasteiger partial charge in [0, 0.05) is 24.8 Å². The average Bonchev–Trinajstić information content (AvgIpc) is 3.04. The summed E-state index contributed by atoms with van der Waals surface area (Å²) in [4.78, 5) is 4.50. The Labute approximate surface area is 115 Å². The van der Waals surface area contributed by atoms with Crippen LogP contribution in [-0.4, -0.2) is 24.5 Å². The van der Waals surface area contributed by atoms with Crippen molar-refractivity contribution in [3.05, 3.63) is 54.4 Å². The van der Waals surface area contributed by atoms with Crippen LogP contribution >= 0.6 is 0 Å². The Hall–Kier alpha value is -2.69. The number of benzene rings is 1. The third kappa shape index (κ3) is 1.67. The molecule has 0 amide bonds. The monoisotopic (exact) mass is 263 g/mol. The summed E-state index contributed by atoms with van der Waals surface area (Å²) in [5.41, 5.74) is 4.08. The first-order chi connectivity index (χ1) is 9.81. The summed E-state index contributed by atoms with van der Waals surface area (Å²) in [5.74, 6) is 0. The molecule has 3 heterocycles. The van der Waals surface area contributed by atoms with Crippen molar-refractivity contribution >= 4 is 22.1 Å². The van der Waals surface area contributed by atoms with Crippen LogP contribution in [0.5, 0.6) is 0 Å². The smallest absolute Gasteiger partial charge is 0.139 e. The van der Waals surface area contributed by atoms with E-state index in [1.54, 1.807) is 0 Å². The molecule has 0 bridgehead atoms. The highest BCUT2D eigenvalue weighted by Gasteiger charge is 2.06. The topological polar surface area (TPSA) is 48.5 Å². The number of aryl methyl sites for hydroxylation is 1. The van der Waals surface area contributed by atoms with Crippen LogP contribution in [0.25, 0.3) is 22.1 Å². The van der Waals surface area contributed by atoms with Crippen LogP contribution < -0.4 is 0 Å². The molecule has 4 rings (SSSR count). The molecule has 0 aliphatic rings. The Morgan fingerprint density at radius 3 is 3.00 bits per heavy atom. The number of pyridine rings is 1. The molecular formula is C15H13N5. The van der Waals surface area contributed by atoms with E-state index in [0.717, 1.165) is 27.6 Å². The number of aromatic nitrogens is 5. The van der Waals surface area contributed by atoms with E-state index in [-0.39, 0.29) is 0 Å². The zero-order valence-electron chi connectivity index (χ0n) is 11.1. The lowest BCUT2D eigenvalue weighted by Crippen LogP contribution is -2.02. The minimum Gasteiger partial charge on any atom is -0.336 e. The van der Waals surface area contributed by atoms with Crippen molar-refractivity contribution in [2.75, 3.05) is 0 Å². The predicted octanol–water partition coefficient (Wildman–Crippen LogP) is 2.37. The Bertz CT molecular complexity index is 903. The van der Waals surface area contributed by atoms with Crippen LogP contribution in [0.1, 0.15) is 5.56 Å². The fourth-order valence-corrected chi connectivity index (χ4v) is 2.49. The third-order valence-corrected chi connectivity index (χ3v) is 3.52. The van der Waals surface area contributed by atoms with Gasteiger partial charge in [-0.05, 0) is 29.8 Å². The minimum absolute atomic E-state index is 0.679. The highest BCUT2D eigenvalue weighted by atomic mass is 15.4. The van der Waals surface area contributed by atoms with Gasteiger partial charge in [0.1, 0.15) is 11.2 Å². The molecule has 0 N–H and O–H groups in total. The van der Waals surface area contributed by atoms with Crippen LogP contribution in [0, 0.1) is 0 Å². The molecule has 20 heavy (non-hydrogen) atoms. The van der Waals surface area contributed by atoms with Gasteiger partial charge in [-0.3, -0.25) is 0 Å². The van der Waals surface area contributed by atoms with Crippen molar-refractivity contribution < 1.29 is 0 Å². The number of para-hydroxylation sites is 1. The minimum atomic E-state index is 0.679. The Morgan fingerprint density at radius 2 is 2.05 bits per heavy atom. The van der Waals surface area contributed by atoms with Crippen LogP contribution in [0.15, 0.2) is 48.8 Å². The summed E-state index contributed by atoms with van der Waals surface area (Å²) >= 11 is 0. The summed E-state index contributed by atoms with van der Waals surface area (Å²) in [6.07, 6.45) is 3.92. The zero-order valence-corrected chi connectivity index (χ0v) is 11.1. The fraction of sp³-hybridized carbons (Fsp3) is 0.133. The van der Waals surface area contributed by atoms with E-state index in [1.165, 1.54) is 0 Å². The van der Waals surface area contributed by atoms with E-state index in [0.29, 0.717) is 6.54 Å². The van der Waals surface area contributed by atoms with Crippen LogP contribution in [0.2, 0.25) is 0 Å². The van der Waals surface area contributed by atoms with Gasteiger partial charge in [0.25, 0.3) is 0 Å². The number of hydrogen-bond donors (Lipinski definition) is 0. The maximum atomic E-state index is 4.50. The van der Waals surface area contributed by atoms with Crippen LogP contribution in [-0.2, 0) is 13.6 Å². The van der Waals surface area contributed by atoms with Crippen molar-refractivity contribution in [2.24, 2.45) is 7.05 Å². The van der Waals surface area contributed by atoms with Gasteiger partial charge in [0.2, 0.25) is 0 Å². The van der Waals surface area contributed by atoms with Gasteiger partial charge in [-0.1, -0.05) is 17.3 Å². The molecule has 0 saturated carbocycles. The average molecular weight is 263 g/mol. The maximum Gasteiger partial charge on any atom is 0.139 e. The molecule has 0 atom stereocenters. The number of fused-ring (bicyclic) bond motifs is 2. The first-order valence-electron chi connectivity index (χ1n) is 6.49. The van der Waals surface area contributed by atoms with Gasteiger partial charge >= 0.3 is 0 Å². The molecule has 4 aromatic rings. The fourth-order valence-electron chi connectivity index (χ4n) is 2.49. The van der Waals surface area contributed by atoms with E-state index in [1.807, 2.05) is 53.0 Å². The third-order valence-electron chi connectivity index (χ3n) is 3.52. The second-order valence-corrected chi connectivity index (χ2v) is 4.92. The molecule has 0 spiro atoms. The van der Waals surface area contributed by atoms with E-state index in [2.05, 4.69) is 27.4 Å². The molecule has 0 radical (unpaired) electrons. The van der Waals surface area contributed by atoms with Crippen molar-refractivity contribution in [1.29, 1.82) is 0 Å². The van der Waals surface area contributed by atoms with Gasteiger partial charge < -0.3 is 4.57 Å². The predicted molar refractivity (Wildman–Crippen MR) is 77.3 cm³/mol. The van der Waals surface area contributed by atoms with Crippen molar-refractivity contribution in [3.8, 4) is 0 Å². The maximum absolute atomic E-state index is 4.50. The van der Waals surface area contributed by atoms with E-state index in [9.17, 15) is 0 Å². The molecule has 0 aliphatic heterocycles. The molecule has 0 fully saturated rings. The SMILES string of the molecule is Cn1ccc2cc(Cn3nnc4ccccc43)cnc21. The summed E-state index contributed by atoms with van der Waals surface area (Å²) in [6.45, 7) is 0.679. The molecule has 0 aliphatic carbocycles. The number of nitrogens with zero attached hydrogens (tertiary/aromatic N) is 5. The van der Waals surface area contributed by atoms with Crippen molar-refractivity contribution in [1.82, 2.24) is 24.5 Å². The second kappa shape index (κ2) is 4.16. The molecule has 5 heteroatoms. The van der Waals surface area contributed by atoms with Crippen LogP contribution in [0.4, 0.5) is 0 Å². The molecular weight excluding hydrogens is 250 g/mol. The van der Waals surface area contributed by atoms with Gasteiger partial charge in [-0.25, -0.2) is 9.67 Å². The van der Waals surface area contributed by atoms with Gasteiger partial charge in [0.05, 0.1) is 12.1 Å². The number of hydrogen-bond acceptors (Lipinski definition) is 3. The van der Waals surface area contributed by atoms with Gasteiger partial charge in [0.15, 0.2) is 0 Å². The zero-order chi connectivity index (χ0) is 13.5. The first-order valence-corrected chi connectivity index (χ1v) is 6.49. The Morgan fingerprint density at radius 1 is 1.15 bits per heavy atom. The molecule has 1 aromatic carbocycles. The lowest BCUT2D eigenvalue weighted by atomic mass is 10.2. The van der Waals surface area contributed by atoms with Crippen molar-refractivity contribution in [3.63, 3.8) is 0 Å². The normalized spacial score (nSPS) is 11.4. The molecule has 5 nitrogen and oxygen atoms in total. The highest BCUT2D eigenvalue weighted by Crippen LogP contribution is 2.16. The van der Waals surface area contributed by atoms with E-state index in [4.69, 9.17) is 0 Å². The van der Waals surface area contributed by atoms with Gasteiger partial charge in [-0.15, -0.1) is 5.10 Å².